The van der Waals surface area contributed by atoms with E-state index in [1.807, 2.05) is 6.92 Å². The highest BCUT2D eigenvalue weighted by Crippen LogP contribution is 2.02. The van der Waals surface area contributed by atoms with Crippen LogP contribution in [0.5, 0.6) is 0 Å². The van der Waals surface area contributed by atoms with E-state index in [2.05, 4.69) is 36.5 Å². The van der Waals surface area contributed by atoms with Crippen molar-refractivity contribution < 1.29 is 5.11 Å². The van der Waals surface area contributed by atoms with Gasteiger partial charge in [0.05, 0.1) is 6.61 Å². The number of aliphatic hydroxyl groups excluding tert-OH is 1. The van der Waals surface area contributed by atoms with Crippen LogP contribution < -0.4 is 5.32 Å². The van der Waals surface area contributed by atoms with Crippen LogP contribution in [0.15, 0.2) is 24.3 Å². The van der Waals surface area contributed by atoms with Gasteiger partial charge in [0, 0.05) is 12.6 Å². The summed E-state index contributed by atoms with van der Waals surface area (Å²) in [5.41, 5.74) is 2.53. The molecule has 0 saturated heterocycles. The molecule has 0 aliphatic heterocycles. The van der Waals surface area contributed by atoms with Gasteiger partial charge in [-0.2, -0.15) is 0 Å². The van der Waals surface area contributed by atoms with E-state index in [0.29, 0.717) is 0 Å². The van der Waals surface area contributed by atoms with Crippen molar-refractivity contribution in [1.82, 2.24) is 5.32 Å². The SMILES string of the molecule is Cc1ccc(CNC(C)CO)cc1. The van der Waals surface area contributed by atoms with Crippen LogP contribution in [0.4, 0.5) is 0 Å². The topological polar surface area (TPSA) is 32.3 Å². The van der Waals surface area contributed by atoms with Crippen LogP contribution in [0.25, 0.3) is 0 Å². The highest BCUT2D eigenvalue weighted by atomic mass is 16.3. The fourth-order valence-electron chi connectivity index (χ4n) is 1.06. The van der Waals surface area contributed by atoms with Gasteiger partial charge in [-0.25, -0.2) is 0 Å². The first-order valence-corrected chi connectivity index (χ1v) is 4.62. The summed E-state index contributed by atoms with van der Waals surface area (Å²) in [5.74, 6) is 0. The van der Waals surface area contributed by atoms with Gasteiger partial charge in [-0.05, 0) is 19.4 Å². The molecule has 1 rings (SSSR count). The van der Waals surface area contributed by atoms with Crippen LogP contribution in [0.2, 0.25) is 0 Å². The third-order valence-corrected chi connectivity index (χ3v) is 2.05. The van der Waals surface area contributed by atoms with Gasteiger partial charge in [-0.3, -0.25) is 0 Å². The molecule has 72 valence electrons. The molecule has 0 aromatic heterocycles. The quantitative estimate of drug-likeness (QED) is 0.733. The molecule has 0 spiro atoms. The Balaban J connectivity index is 2.41. The summed E-state index contributed by atoms with van der Waals surface area (Å²) in [6.45, 7) is 5.05. The molecule has 2 N–H and O–H groups in total. The van der Waals surface area contributed by atoms with Crippen molar-refractivity contribution in [1.29, 1.82) is 0 Å². The molecule has 0 aliphatic carbocycles. The summed E-state index contributed by atoms with van der Waals surface area (Å²) in [4.78, 5) is 0. The van der Waals surface area contributed by atoms with E-state index in [9.17, 15) is 0 Å². The summed E-state index contributed by atoms with van der Waals surface area (Å²) < 4.78 is 0. The molecule has 0 aliphatic rings. The average molecular weight is 179 g/mol. The second kappa shape index (κ2) is 5.00. The lowest BCUT2D eigenvalue weighted by atomic mass is 10.1. The Bertz CT molecular complexity index is 243. The molecule has 0 fully saturated rings. The van der Waals surface area contributed by atoms with Crippen LogP contribution in [-0.2, 0) is 6.54 Å². The van der Waals surface area contributed by atoms with E-state index < -0.39 is 0 Å². The summed E-state index contributed by atoms with van der Waals surface area (Å²) >= 11 is 0. The van der Waals surface area contributed by atoms with Crippen LogP contribution in [0.3, 0.4) is 0 Å². The van der Waals surface area contributed by atoms with Crippen molar-refractivity contribution in [3.8, 4) is 0 Å². The molecule has 0 radical (unpaired) electrons. The third-order valence-electron chi connectivity index (χ3n) is 2.05. The van der Waals surface area contributed by atoms with Crippen molar-refractivity contribution in [2.75, 3.05) is 6.61 Å². The summed E-state index contributed by atoms with van der Waals surface area (Å²) in [7, 11) is 0. The summed E-state index contributed by atoms with van der Waals surface area (Å²) in [6, 6.07) is 8.57. The fraction of sp³-hybridized carbons (Fsp3) is 0.455. The van der Waals surface area contributed by atoms with Crippen molar-refractivity contribution in [2.24, 2.45) is 0 Å². The second-order valence-corrected chi connectivity index (χ2v) is 3.45. The molecular formula is C11H17NO. The normalized spacial score (nSPS) is 12.8. The van der Waals surface area contributed by atoms with Crippen molar-refractivity contribution in [3.05, 3.63) is 35.4 Å². The van der Waals surface area contributed by atoms with E-state index in [4.69, 9.17) is 5.11 Å². The molecule has 0 heterocycles. The predicted octanol–water partition coefficient (Wildman–Crippen LogP) is 1.47. The molecule has 0 amide bonds. The minimum absolute atomic E-state index is 0.168. The fourth-order valence-corrected chi connectivity index (χ4v) is 1.06. The Morgan fingerprint density at radius 1 is 1.31 bits per heavy atom. The number of hydrogen-bond acceptors (Lipinski definition) is 2. The first-order chi connectivity index (χ1) is 6.22. The van der Waals surface area contributed by atoms with Crippen molar-refractivity contribution in [2.45, 2.75) is 26.4 Å². The van der Waals surface area contributed by atoms with Gasteiger partial charge in [0.2, 0.25) is 0 Å². The smallest absolute Gasteiger partial charge is 0.0582 e. The lowest BCUT2D eigenvalue weighted by Crippen LogP contribution is -2.28. The highest BCUT2D eigenvalue weighted by Gasteiger charge is 1.98. The molecule has 2 heteroatoms. The van der Waals surface area contributed by atoms with Gasteiger partial charge in [0.15, 0.2) is 0 Å². The first-order valence-electron chi connectivity index (χ1n) is 4.62. The van der Waals surface area contributed by atoms with E-state index >= 15 is 0 Å². The molecule has 0 saturated carbocycles. The molecule has 1 atom stereocenters. The second-order valence-electron chi connectivity index (χ2n) is 3.45. The highest BCUT2D eigenvalue weighted by molar-refractivity contribution is 5.21. The van der Waals surface area contributed by atoms with Crippen molar-refractivity contribution in [3.63, 3.8) is 0 Å². The molecule has 1 aromatic rings. The summed E-state index contributed by atoms with van der Waals surface area (Å²) in [6.07, 6.45) is 0. The zero-order chi connectivity index (χ0) is 9.68. The predicted molar refractivity (Wildman–Crippen MR) is 54.6 cm³/mol. The van der Waals surface area contributed by atoms with E-state index in [1.165, 1.54) is 11.1 Å². The molecular weight excluding hydrogens is 162 g/mol. The molecule has 0 bridgehead atoms. The van der Waals surface area contributed by atoms with Crippen LogP contribution >= 0.6 is 0 Å². The summed E-state index contributed by atoms with van der Waals surface area (Å²) in [5, 5.41) is 12.0. The maximum Gasteiger partial charge on any atom is 0.0582 e. The minimum atomic E-state index is 0.168. The van der Waals surface area contributed by atoms with Gasteiger partial charge < -0.3 is 10.4 Å². The average Bonchev–Trinajstić information content (AvgIpc) is 2.16. The number of hydrogen-bond donors (Lipinski definition) is 2. The standard InChI is InChI=1S/C11H17NO/c1-9-3-5-11(6-4-9)7-12-10(2)8-13/h3-6,10,12-13H,7-8H2,1-2H3. The molecule has 2 nitrogen and oxygen atoms in total. The molecule has 13 heavy (non-hydrogen) atoms. The monoisotopic (exact) mass is 179 g/mol. The number of benzene rings is 1. The molecule has 1 aromatic carbocycles. The zero-order valence-corrected chi connectivity index (χ0v) is 8.25. The lowest BCUT2D eigenvalue weighted by molar-refractivity contribution is 0.251. The Kier molecular flexibility index (Phi) is 3.93. The van der Waals surface area contributed by atoms with Gasteiger partial charge in [0.25, 0.3) is 0 Å². The maximum atomic E-state index is 8.79. The minimum Gasteiger partial charge on any atom is -0.395 e. The number of aliphatic hydroxyl groups is 1. The van der Waals surface area contributed by atoms with Gasteiger partial charge in [-0.15, -0.1) is 0 Å². The van der Waals surface area contributed by atoms with Gasteiger partial charge >= 0.3 is 0 Å². The number of rotatable bonds is 4. The van der Waals surface area contributed by atoms with Crippen molar-refractivity contribution >= 4 is 0 Å². The van der Waals surface area contributed by atoms with Crippen LogP contribution in [0.1, 0.15) is 18.1 Å². The Labute approximate surface area is 79.6 Å². The Morgan fingerprint density at radius 2 is 1.92 bits per heavy atom. The van der Waals surface area contributed by atoms with E-state index in [1.54, 1.807) is 0 Å². The third kappa shape index (κ3) is 3.57. The van der Waals surface area contributed by atoms with Gasteiger partial charge in [0.1, 0.15) is 0 Å². The zero-order valence-electron chi connectivity index (χ0n) is 8.25. The number of nitrogens with one attached hydrogen (secondary N) is 1. The lowest BCUT2D eigenvalue weighted by Gasteiger charge is -2.10. The first kappa shape index (κ1) is 10.2. The van der Waals surface area contributed by atoms with E-state index in [-0.39, 0.29) is 12.6 Å². The maximum absolute atomic E-state index is 8.79. The van der Waals surface area contributed by atoms with E-state index in [0.717, 1.165) is 6.54 Å². The van der Waals surface area contributed by atoms with Crippen LogP contribution in [0, 0.1) is 6.92 Å². The van der Waals surface area contributed by atoms with Crippen LogP contribution in [-0.4, -0.2) is 17.8 Å². The Hall–Kier alpha value is -0.860. The largest absolute Gasteiger partial charge is 0.395 e. The number of aryl methyl sites for hydroxylation is 1. The Morgan fingerprint density at radius 3 is 2.46 bits per heavy atom. The van der Waals surface area contributed by atoms with Gasteiger partial charge in [-0.1, -0.05) is 29.8 Å². The molecule has 1 unspecified atom stereocenters.